The summed E-state index contributed by atoms with van der Waals surface area (Å²) in [5.74, 6) is -0.203. The summed E-state index contributed by atoms with van der Waals surface area (Å²) < 4.78 is 66.9. The van der Waals surface area contributed by atoms with Crippen LogP contribution in [0, 0.1) is 13.8 Å². The zero-order chi connectivity index (χ0) is 26.7. The molecule has 2 heterocycles. The fourth-order valence-electron chi connectivity index (χ4n) is 3.06. The molecule has 0 atom stereocenters. The van der Waals surface area contributed by atoms with Crippen molar-refractivity contribution >= 4 is 44.1 Å². The Morgan fingerprint density at radius 3 is 2.74 bits per heavy atom. The molecule has 0 amide bonds. The largest absolute Gasteiger partial charge is 0.329 e. The van der Waals surface area contributed by atoms with Crippen molar-refractivity contribution in [1.82, 2.24) is 19.7 Å². The van der Waals surface area contributed by atoms with Crippen LogP contribution < -0.4 is 15.4 Å². The summed E-state index contributed by atoms with van der Waals surface area (Å²) in [5.41, 5.74) is 1.89. The molecule has 0 fully saturated rings. The standard InChI is InChI=1S/C21H23N7O2S/c1-13-5-6-15(11-19(13)31(22,29)30)24-21-23-10-9-20(25-21)27(3)16-7-8-17-14(2)28(4)26-18(17)12-16/h5-12H,1-4H3,(H2,22,29,30)(H,23,24,25)/i5D,6D,9D,10D,11D. The van der Waals surface area contributed by atoms with E-state index in [1.54, 1.807) is 16.6 Å². The third-order valence-corrected chi connectivity index (χ3v) is 5.81. The SMILES string of the molecule is [2H]c1nc(Nc2c([2H])c([2H])c(C)c(S(N)(=O)=O)c2[2H])nc(N(C)c2ccc3c(C)n(C)nc3c2)c1[2H]. The molecule has 0 unspecified atom stereocenters. The van der Waals surface area contributed by atoms with Crippen LogP contribution in [0.5, 0.6) is 0 Å². The molecule has 9 nitrogen and oxygen atoms in total. The van der Waals surface area contributed by atoms with E-state index in [1.807, 2.05) is 32.2 Å². The summed E-state index contributed by atoms with van der Waals surface area (Å²) in [7, 11) is -0.874. The number of nitrogens with one attached hydrogen (secondary N) is 1. The Labute approximate surface area is 187 Å². The summed E-state index contributed by atoms with van der Waals surface area (Å²) in [4.78, 5) is 9.18. The van der Waals surface area contributed by atoms with E-state index in [9.17, 15) is 8.42 Å². The Kier molecular flexibility index (Phi) is 3.78. The molecule has 0 saturated carbocycles. The third kappa shape index (κ3) is 4.07. The Bertz CT molecular complexity index is 1660. The number of aryl methyl sites for hydroxylation is 2. The first-order valence-electron chi connectivity index (χ1n) is 11.6. The smallest absolute Gasteiger partial charge is 0.238 e. The van der Waals surface area contributed by atoms with E-state index in [0.717, 1.165) is 16.6 Å². The number of fused-ring (bicyclic) bond motifs is 1. The normalized spacial score (nSPS) is 13.9. The van der Waals surface area contributed by atoms with Crippen molar-refractivity contribution in [1.29, 1.82) is 0 Å². The monoisotopic (exact) mass is 442 g/mol. The van der Waals surface area contributed by atoms with Gasteiger partial charge in [0.05, 0.1) is 17.3 Å². The average molecular weight is 443 g/mol. The van der Waals surface area contributed by atoms with E-state index in [0.29, 0.717) is 5.69 Å². The lowest BCUT2D eigenvalue weighted by Gasteiger charge is -2.19. The van der Waals surface area contributed by atoms with Crippen molar-refractivity contribution in [2.75, 3.05) is 17.3 Å². The molecular formula is C21H23N7O2S. The second-order valence-corrected chi connectivity index (χ2v) is 8.45. The maximum absolute atomic E-state index is 12.0. The minimum atomic E-state index is -4.36. The zero-order valence-electron chi connectivity index (χ0n) is 22.3. The van der Waals surface area contributed by atoms with Gasteiger partial charge in [-0.25, -0.2) is 18.5 Å². The highest BCUT2D eigenvalue weighted by atomic mass is 32.2. The molecule has 0 radical (unpaired) electrons. The zero-order valence-corrected chi connectivity index (χ0v) is 18.1. The molecule has 31 heavy (non-hydrogen) atoms. The second kappa shape index (κ2) is 7.64. The highest BCUT2D eigenvalue weighted by Gasteiger charge is 2.14. The molecule has 3 N–H and O–H groups in total. The summed E-state index contributed by atoms with van der Waals surface area (Å²) >= 11 is 0. The molecule has 0 saturated heterocycles. The summed E-state index contributed by atoms with van der Waals surface area (Å²) in [6.07, 6.45) is -0.438. The first-order valence-corrected chi connectivity index (χ1v) is 10.7. The minimum Gasteiger partial charge on any atom is -0.329 e. The van der Waals surface area contributed by atoms with Crippen LogP contribution in [0.15, 0.2) is 53.4 Å². The number of nitrogens with two attached hydrogens (primary N) is 1. The van der Waals surface area contributed by atoms with E-state index in [2.05, 4.69) is 20.4 Å². The first kappa shape index (κ1) is 15.3. The fraction of sp³-hybridized carbons (Fsp3) is 0.190. The van der Waals surface area contributed by atoms with Crippen LogP contribution in [0.1, 0.15) is 18.1 Å². The Hall–Kier alpha value is -3.50. The number of sulfonamides is 1. The lowest BCUT2D eigenvalue weighted by Crippen LogP contribution is -2.14. The highest BCUT2D eigenvalue weighted by Crippen LogP contribution is 2.28. The van der Waals surface area contributed by atoms with Gasteiger partial charge in [0.25, 0.3) is 0 Å². The molecule has 0 aliphatic carbocycles. The van der Waals surface area contributed by atoms with Gasteiger partial charge in [0.15, 0.2) is 0 Å². The predicted octanol–water partition coefficient (Wildman–Crippen LogP) is 3.14. The van der Waals surface area contributed by atoms with Crippen LogP contribution in [-0.2, 0) is 17.1 Å². The van der Waals surface area contributed by atoms with Crippen molar-refractivity contribution in [2.24, 2.45) is 12.2 Å². The van der Waals surface area contributed by atoms with Gasteiger partial charge in [-0.15, -0.1) is 0 Å². The lowest BCUT2D eigenvalue weighted by molar-refractivity contribution is 0.597. The van der Waals surface area contributed by atoms with Crippen LogP contribution in [0.2, 0.25) is 0 Å². The highest BCUT2D eigenvalue weighted by molar-refractivity contribution is 7.89. The van der Waals surface area contributed by atoms with Crippen LogP contribution in [0.4, 0.5) is 23.1 Å². The Morgan fingerprint density at radius 2 is 2.00 bits per heavy atom. The number of primary sulfonamides is 1. The lowest BCUT2D eigenvalue weighted by atomic mass is 10.2. The molecule has 0 spiro atoms. The van der Waals surface area contributed by atoms with Crippen molar-refractivity contribution in [3.8, 4) is 0 Å². The molecule has 10 heteroatoms. The molecule has 160 valence electrons. The first-order chi connectivity index (χ1) is 16.7. The predicted molar refractivity (Wildman–Crippen MR) is 121 cm³/mol. The number of rotatable bonds is 5. The third-order valence-electron chi connectivity index (χ3n) is 4.84. The quantitative estimate of drug-likeness (QED) is 0.487. The second-order valence-electron chi connectivity index (χ2n) is 6.95. The summed E-state index contributed by atoms with van der Waals surface area (Å²) in [6.45, 7) is 3.24. The van der Waals surface area contributed by atoms with E-state index in [-0.39, 0.29) is 29.1 Å². The minimum absolute atomic E-state index is 0.0486. The molecule has 0 aliphatic rings. The molecule has 0 bridgehead atoms. The van der Waals surface area contributed by atoms with E-state index < -0.39 is 39.2 Å². The van der Waals surface area contributed by atoms with Crippen molar-refractivity contribution in [3.63, 3.8) is 0 Å². The van der Waals surface area contributed by atoms with Crippen LogP contribution in [0.3, 0.4) is 0 Å². The van der Waals surface area contributed by atoms with Crippen molar-refractivity contribution in [2.45, 2.75) is 18.7 Å². The van der Waals surface area contributed by atoms with E-state index in [4.69, 9.17) is 12.0 Å². The van der Waals surface area contributed by atoms with Crippen molar-refractivity contribution < 1.29 is 15.3 Å². The van der Waals surface area contributed by atoms with Gasteiger partial charge in [-0.05, 0) is 55.7 Å². The van der Waals surface area contributed by atoms with Crippen molar-refractivity contribution in [3.05, 3.63) is 59.8 Å². The van der Waals surface area contributed by atoms with Crippen LogP contribution >= 0.6 is 0 Å². The molecule has 4 rings (SSSR count). The van der Waals surface area contributed by atoms with Gasteiger partial charge in [0.2, 0.25) is 16.0 Å². The Morgan fingerprint density at radius 1 is 1.23 bits per heavy atom. The molecular weight excluding hydrogens is 414 g/mol. The average Bonchev–Trinajstić information content (AvgIpc) is 3.09. The van der Waals surface area contributed by atoms with Gasteiger partial charge < -0.3 is 10.2 Å². The maximum Gasteiger partial charge on any atom is 0.238 e. The Balaban J connectivity index is 1.81. The number of hydrogen-bond acceptors (Lipinski definition) is 7. The number of benzene rings is 2. The van der Waals surface area contributed by atoms with Gasteiger partial charge in [0.1, 0.15) is 5.82 Å². The molecule has 4 aromatic rings. The molecule has 2 aromatic carbocycles. The van der Waals surface area contributed by atoms with Gasteiger partial charge in [0, 0.05) is 42.7 Å². The van der Waals surface area contributed by atoms with Crippen LogP contribution in [-0.4, -0.2) is 35.2 Å². The maximum atomic E-state index is 12.0. The summed E-state index contributed by atoms with van der Waals surface area (Å²) in [6, 6.07) is 3.75. The molecule has 0 aliphatic heterocycles. The number of hydrogen-bond donors (Lipinski definition) is 2. The van der Waals surface area contributed by atoms with Gasteiger partial charge in [-0.3, -0.25) is 4.68 Å². The number of aromatic nitrogens is 4. The van der Waals surface area contributed by atoms with E-state index >= 15 is 0 Å². The topological polar surface area (TPSA) is 119 Å². The fourth-order valence-corrected chi connectivity index (χ4v) is 3.78. The molecule has 2 aromatic heterocycles. The number of anilines is 4. The van der Waals surface area contributed by atoms with E-state index in [1.165, 1.54) is 6.92 Å². The van der Waals surface area contributed by atoms with Gasteiger partial charge in [-0.1, -0.05) is 6.04 Å². The number of nitrogens with zero attached hydrogens (tertiary/aromatic N) is 5. The van der Waals surface area contributed by atoms with Crippen LogP contribution in [0.25, 0.3) is 10.9 Å². The van der Waals surface area contributed by atoms with Gasteiger partial charge >= 0.3 is 0 Å². The van der Waals surface area contributed by atoms with Gasteiger partial charge in [-0.2, -0.15) is 10.1 Å². The summed E-state index contributed by atoms with van der Waals surface area (Å²) in [5, 5.41) is 13.3.